The molecule has 3 nitrogen and oxygen atoms in total. The predicted molar refractivity (Wildman–Crippen MR) is 86.8 cm³/mol. The van der Waals surface area contributed by atoms with E-state index in [4.69, 9.17) is 0 Å². The van der Waals surface area contributed by atoms with E-state index in [9.17, 15) is 31.1 Å². The summed E-state index contributed by atoms with van der Waals surface area (Å²) in [5.74, 6) is 4.71. The molecule has 2 aromatic carbocycles. The molecule has 0 saturated heterocycles. The number of amides is 2. The number of anilines is 1. The Bertz CT molecular complexity index is 860. The zero-order valence-corrected chi connectivity index (χ0v) is 13.5. The second kappa shape index (κ2) is 8.03. The Morgan fingerprint density at radius 2 is 1.52 bits per heavy atom. The highest BCUT2D eigenvalue weighted by Gasteiger charge is 2.32. The van der Waals surface area contributed by atoms with Crippen molar-refractivity contribution in [1.82, 2.24) is 5.32 Å². The van der Waals surface area contributed by atoms with E-state index in [2.05, 4.69) is 22.5 Å². The van der Waals surface area contributed by atoms with Crippen LogP contribution in [0.4, 0.5) is 36.8 Å². The van der Waals surface area contributed by atoms with Crippen LogP contribution in [0, 0.1) is 11.8 Å². The summed E-state index contributed by atoms with van der Waals surface area (Å²) in [4.78, 5) is 11.6. The molecular weight excluding hydrogens is 374 g/mol. The Morgan fingerprint density at radius 1 is 0.889 bits per heavy atom. The molecule has 0 aliphatic rings. The van der Waals surface area contributed by atoms with Gasteiger partial charge in [-0.25, -0.2) is 4.79 Å². The van der Waals surface area contributed by atoms with Crippen molar-refractivity contribution >= 4 is 11.7 Å². The fraction of sp³-hybridized carbons (Fsp3) is 0.167. The fourth-order valence-corrected chi connectivity index (χ4v) is 2.02. The van der Waals surface area contributed by atoms with E-state index in [0.717, 1.165) is 30.3 Å². The Hall–Kier alpha value is -3.15. The molecule has 9 heteroatoms. The van der Waals surface area contributed by atoms with E-state index < -0.39 is 29.5 Å². The molecule has 0 aromatic heterocycles. The third-order valence-electron chi connectivity index (χ3n) is 3.26. The predicted octanol–water partition coefficient (Wildman–Crippen LogP) is 4.90. The van der Waals surface area contributed by atoms with Crippen LogP contribution in [0.5, 0.6) is 0 Å². The summed E-state index contributed by atoms with van der Waals surface area (Å²) < 4.78 is 75.8. The number of nitrogens with one attached hydrogen (secondary N) is 2. The van der Waals surface area contributed by atoms with E-state index in [-0.39, 0.29) is 17.8 Å². The SMILES string of the molecule is O=C(NCC#Cc1ccccc1C(F)(F)F)Nc1ccc(C(F)(F)F)cc1. The molecule has 0 radical (unpaired) electrons. The average molecular weight is 386 g/mol. The molecule has 0 aliphatic heterocycles. The Balaban J connectivity index is 1.92. The van der Waals surface area contributed by atoms with Crippen molar-refractivity contribution in [2.24, 2.45) is 0 Å². The average Bonchev–Trinajstić information content (AvgIpc) is 2.58. The Labute approximate surface area is 150 Å². The van der Waals surface area contributed by atoms with Gasteiger partial charge in [0.25, 0.3) is 0 Å². The number of hydrogen-bond donors (Lipinski definition) is 2. The van der Waals surface area contributed by atoms with Gasteiger partial charge < -0.3 is 10.6 Å². The highest BCUT2D eigenvalue weighted by molar-refractivity contribution is 5.89. The summed E-state index contributed by atoms with van der Waals surface area (Å²) >= 11 is 0. The molecule has 0 fully saturated rings. The number of halogens is 6. The van der Waals surface area contributed by atoms with Crippen molar-refractivity contribution in [2.45, 2.75) is 12.4 Å². The summed E-state index contributed by atoms with van der Waals surface area (Å²) in [6.45, 7) is -0.251. The molecule has 2 rings (SSSR count). The normalized spacial score (nSPS) is 11.3. The van der Waals surface area contributed by atoms with Gasteiger partial charge in [0.15, 0.2) is 0 Å². The van der Waals surface area contributed by atoms with Crippen molar-refractivity contribution in [2.75, 3.05) is 11.9 Å². The van der Waals surface area contributed by atoms with Crippen LogP contribution >= 0.6 is 0 Å². The van der Waals surface area contributed by atoms with Gasteiger partial charge in [-0.1, -0.05) is 24.0 Å². The summed E-state index contributed by atoms with van der Waals surface area (Å²) in [6, 6.07) is 7.77. The van der Waals surface area contributed by atoms with Crippen LogP contribution < -0.4 is 10.6 Å². The minimum atomic E-state index is -4.54. The van der Waals surface area contributed by atoms with Crippen molar-refractivity contribution in [3.8, 4) is 11.8 Å². The minimum Gasteiger partial charge on any atom is -0.327 e. The first-order valence-corrected chi connectivity index (χ1v) is 7.44. The lowest BCUT2D eigenvalue weighted by Crippen LogP contribution is -2.28. The van der Waals surface area contributed by atoms with E-state index in [1.54, 1.807) is 0 Å². The van der Waals surface area contributed by atoms with Crippen molar-refractivity contribution in [3.63, 3.8) is 0 Å². The van der Waals surface area contributed by atoms with Gasteiger partial charge in [0.2, 0.25) is 0 Å². The smallest absolute Gasteiger partial charge is 0.327 e. The summed E-state index contributed by atoms with van der Waals surface area (Å²) in [5, 5.41) is 4.57. The molecule has 27 heavy (non-hydrogen) atoms. The Kier molecular flexibility index (Phi) is 6.00. The monoisotopic (exact) mass is 386 g/mol. The minimum absolute atomic E-state index is 0.121. The van der Waals surface area contributed by atoms with Crippen molar-refractivity contribution in [3.05, 3.63) is 65.2 Å². The molecule has 2 N–H and O–H groups in total. The van der Waals surface area contributed by atoms with Crippen molar-refractivity contribution < 1.29 is 31.1 Å². The number of urea groups is 1. The molecule has 142 valence electrons. The summed E-state index contributed by atoms with van der Waals surface area (Å²) in [6.07, 6.45) is -9.03. The van der Waals surface area contributed by atoms with Crippen LogP contribution in [0.1, 0.15) is 16.7 Å². The second-order valence-corrected chi connectivity index (χ2v) is 5.23. The van der Waals surface area contributed by atoms with Gasteiger partial charge >= 0.3 is 18.4 Å². The molecule has 0 saturated carbocycles. The third kappa shape index (κ3) is 5.95. The zero-order chi connectivity index (χ0) is 20.1. The number of hydrogen-bond acceptors (Lipinski definition) is 1. The van der Waals surface area contributed by atoms with Crippen LogP contribution in [0.3, 0.4) is 0 Å². The molecule has 0 atom stereocenters. The standard InChI is InChI=1S/C18H12F6N2O/c19-17(20,21)13-7-9-14(10-8-13)26-16(27)25-11-3-5-12-4-1-2-6-15(12)18(22,23)24/h1-2,4,6-10H,11H2,(H2,25,26,27). The van der Waals surface area contributed by atoms with Crippen LogP contribution in [0.25, 0.3) is 0 Å². The van der Waals surface area contributed by atoms with Crippen LogP contribution in [0.15, 0.2) is 48.5 Å². The lowest BCUT2D eigenvalue weighted by Gasteiger charge is -2.09. The number of rotatable bonds is 2. The van der Waals surface area contributed by atoms with E-state index in [1.165, 1.54) is 18.2 Å². The van der Waals surface area contributed by atoms with E-state index in [0.29, 0.717) is 0 Å². The highest BCUT2D eigenvalue weighted by atomic mass is 19.4. The first-order chi connectivity index (χ1) is 12.6. The van der Waals surface area contributed by atoms with Gasteiger partial charge in [-0.05, 0) is 36.4 Å². The second-order valence-electron chi connectivity index (χ2n) is 5.23. The largest absolute Gasteiger partial charge is 0.417 e. The molecule has 0 aliphatic carbocycles. The zero-order valence-electron chi connectivity index (χ0n) is 13.5. The third-order valence-corrected chi connectivity index (χ3v) is 3.26. The van der Waals surface area contributed by atoms with Crippen molar-refractivity contribution in [1.29, 1.82) is 0 Å². The van der Waals surface area contributed by atoms with Gasteiger partial charge in [-0.15, -0.1) is 0 Å². The van der Waals surface area contributed by atoms with Crippen LogP contribution in [0.2, 0.25) is 0 Å². The quantitative estimate of drug-likeness (QED) is 0.560. The maximum Gasteiger partial charge on any atom is 0.417 e. The number of carbonyl (C=O) groups excluding carboxylic acids is 1. The molecule has 2 aromatic rings. The van der Waals surface area contributed by atoms with Gasteiger partial charge in [0, 0.05) is 11.3 Å². The van der Waals surface area contributed by atoms with Gasteiger partial charge in [0.05, 0.1) is 17.7 Å². The lowest BCUT2D eigenvalue weighted by molar-refractivity contribution is -0.138. The molecule has 0 bridgehead atoms. The molecule has 0 spiro atoms. The molecular formula is C18H12F6N2O. The van der Waals surface area contributed by atoms with Gasteiger partial charge in [-0.3, -0.25) is 0 Å². The number of benzene rings is 2. The maximum absolute atomic E-state index is 12.8. The summed E-state index contributed by atoms with van der Waals surface area (Å²) in [5.41, 5.74) is -1.85. The molecule has 0 heterocycles. The highest BCUT2D eigenvalue weighted by Crippen LogP contribution is 2.31. The van der Waals surface area contributed by atoms with Gasteiger partial charge in [-0.2, -0.15) is 26.3 Å². The first kappa shape index (κ1) is 20.2. The molecule has 2 amide bonds. The summed E-state index contributed by atoms with van der Waals surface area (Å²) in [7, 11) is 0. The maximum atomic E-state index is 12.8. The first-order valence-electron chi connectivity index (χ1n) is 7.44. The van der Waals surface area contributed by atoms with Gasteiger partial charge in [0.1, 0.15) is 0 Å². The van der Waals surface area contributed by atoms with E-state index >= 15 is 0 Å². The lowest BCUT2D eigenvalue weighted by atomic mass is 10.1. The number of alkyl halides is 6. The van der Waals surface area contributed by atoms with Crippen LogP contribution in [-0.2, 0) is 12.4 Å². The number of carbonyl (C=O) groups is 1. The Morgan fingerprint density at radius 3 is 2.11 bits per heavy atom. The van der Waals surface area contributed by atoms with E-state index in [1.807, 2.05) is 0 Å². The fourth-order valence-electron chi connectivity index (χ4n) is 2.02. The van der Waals surface area contributed by atoms with Crippen LogP contribution in [-0.4, -0.2) is 12.6 Å². The molecule has 0 unspecified atom stereocenters. The topological polar surface area (TPSA) is 41.1 Å².